The Balaban J connectivity index is 2.09. The molecule has 0 saturated carbocycles. The zero-order valence-electron chi connectivity index (χ0n) is 15.6. The van der Waals surface area contributed by atoms with Crippen molar-refractivity contribution in [1.82, 2.24) is 4.57 Å². The van der Waals surface area contributed by atoms with E-state index in [9.17, 15) is 14.0 Å². The molecule has 1 N–H and O–H groups in total. The summed E-state index contributed by atoms with van der Waals surface area (Å²) in [5.74, 6) is -1.61. The number of carboxylic acids is 1. The highest BCUT2D eigenvalue weighted by Crippen LogP contribution is 2.23. The van der Waals surface area contributed by atoms with Crippen LogP contribution in [0.25, 0.3) is 10.9 Å². The van der Waals surface area contributed by atoms with Crippen molar-refractivity contribution in [3.8, 4) is 0 Å². The molecule has 3 aromatic rings. The van der Waals surface area contributed by atoms with E-state index in [0.717, 1.165) is 5.56 Å². The quantitative estimate of drug-likeness (QED) is 0.755. The molecular formula is C22H22FNO3. The zero-order chi connectivity index (χ0) is 19.8. The lowest BCUT2D eigenvalue weighted by Crippen LogP contribution is -2.18. The third-order valence-corrected chi connectivity index (χ3v) is 4.63. The van der Waals surface area contributed by atoms with Gasteiger partial charge < -0.3 is 9.67 Å². The maximum atomic E-state index is 13.7. The van der Waals surface area contributed by atoms with Crippen LogP contribution in [0.2, 0.25) is 0 Å². The molecule has 0 saturated heterocycles. The largest absolute Gasteiger partial charge is 0.481 e. The number of carboxylic acid groups (broad SMARTS) is 1. The second-order valence-electron chi connectivity index (χ2n) is 7.79. The summed E-state index contributed by atoms with van der Waals surface area (Å²) in [5, 5.41) is 9.28. The molecule has 4 nitrogen and oxygen atoms in total. The standard InChI is InChI=1S/C22H22FNO3/c1-22(2,3)16-6-4-14(5-7-16)12-24-13-15(10-20(25)26)21(27)18-11-17(23)8-9-19(18)24/h4-9,11,13H,10,12H2,1-3H3,(H,25,26). The molecule has 0 aliphatic heterocycles. The Morgan fingerprint density at radius 1 is 1.11 bits per heavy atom. The Kier molecular flexibility index (Phi) is 4.87. The summed E-state index contributed by atoms with van der Waals surface area (Å²) in [6, 6.07) is 12.2. The number of aromatic nitrogens is 1. The topological polar surface area (TPSA) is 59.3 Å². The van der Waals surface area contributed by atoms with Crippen LogP contribution in [0.15, 0.2) is 53.5 Å². The fraction of sp³-hybridized carbons (Fsp3) is 0.273. The lowest BCUT2D eigenvalue weighted by Gasteiger charge is -2.19. The Morgan fingerprint density at radius 3 is 2.37 bits per heavy atom. The smallest absolute Gasteiger partial charge is 0.308 e. The van der Waals surface area contributed by atoms with Crippen molar-refractivity contribution < 1.29 is 14.3 Å². The Morgan fingerprint density at radius 2 is 1.78 bits per heavy atom. The lowest BCUT2D eigenvalue weighted by atomic mass is 9.87. The maximum absolute atomic E-state index is 13.7. The summed E-state index contributed by atoms with van der Waals surface area (Å²) in [5.41, 5.74) is 2.56. The van der Waals surface area contributed by atoms with Crippen molar-refractivity contribution in [3.05, 3.63) is 81.4 Å². The van der Waals surface area contributed by atoms with Crippen molar-refractivity contribution in [3.63, 3.8) is 0 Å². The number of rotatable bonds is 4. The van der Waals surface area contributed by atoms with E-state index in [4.69, 9.17) is 5.11 Å². The Labute approximate surface area is 156 Å². The number of fused-ring (bicyclic) bond motifs is 1. The van der Waals surface area contributed by atoms with Gasteiger partial charge in [-0.1, -0.05) is 45.0 Å². The van der Waals surface area contributed by atoms with E-state index in [1.165, 1.54) is 17.7 Å². The molecule has 0 aliphatic rings. The SMILES string of the molecule is CC(C)(C)c1ccc(Cn2cc(CC(=O)O)c(=O)c3cc(F)ccc32)cc1. The van der Waals surface area contributed by atoms with Crippen LogP contribution in [-0.2, 0) is 23.2 Å². The third kappa shape index (κ3) is 4.08. The van der Waals surface area contributed by atoms with Gasteiger partial charge in [-0.3, -0.25) is 9.59 Å². The van der Waals surface area contributed by atoms with Crippen molar-refractivity contribution in [1.29, 1.82) is 0 Å². The number of aliphatic carboxylic acids is 1. The molecule has 2 aromatic carbocycles. The van der Waals surface area contributed by atoms with Crippen LogP contribution >= 0.6 is 0 Å². The molecule has 3 rings (SSSR count). The van der Waals surface area contributed by atoms with E-state index in [1.54, 1.807) is 16.8 Å². The fourth-order valence-corrected chi connectivity index (χ4v) is 3.16. The van der Waals surface area contributed by atoms with Gasteiger partial charge in [-0.15, -0.1) is 0 Å². The summed E-state index contributed by atoms with van der Waals surface area (Å²) in [6.45, 7) is 6.89. The second kappa shape index (κ2) is 6.99. The first kappa shape index (κ1) is 18.8. The van der Waals surface area contributed by atoms with Gasteiger partial charge in [0, 0.05) is 23.7 Å². The number of hydrogen-bond acceptors (Lipinski definition) is 2. The van der Waals surface area contributed by atoms with Gasteiger partial charge in [-0.2, -0.15) is 0 Å². The van der Waals surface area contributed by atoms with Crippen LogP contribution in [0.3, 0.4) is 0 Å². The normalized spacial score (nSPS) is 11.7. The lowest BCUT2D eigenvalue weighted by molar-refractivity contribution is -0.136. The summed E-state index contributed by atoms with van der Waals surface area (Å²) in [4.78, 5) is 23.6. The zero-order valence-corrected chi connectivity index (χ0v) is 15.6. The average Bonchev–Trinajstić information content (AvgIpc) is 2.58. The van der Waals surface area contributed by atoms with Crippen LogP contribution < -0.4 is 5.43 Å². The highest BCUT2D eigenvalue weighted by Gasteiger charge is 2.15. The van der Waals surface area contributed by atoms with Gasteiger partial charge in [-0.25, -0.2) is 4.39 Å². The van der Waals surface area contributed by atoms with Gasteiger partial charge in [0.05, 0.1) is 11.9 Å². The van der Waals surface area contributed by atoms with E-state index in [-0.39, 0.29) is 16.4 Å². The van der Waals surface area contributed by atoms with E-state index in [1.807, 2.05) is 12.1 Å². The molecular weight excluding hydrogens is 345 g/mol. The molecule has 0 fully saturated rings. The van der Waals surface area contributed by atoms with Crippen molar-refractivity contribution in [2.45, 2.75) is 39.2 Å². The molecule has 0 radical (unpaired) electrons. The molecule has 0 bridgehead atoms. The minimum atomic E-state index is -1.09. The van der Waals surface area contributed by atoms with Gasteiger partial charge in [0.1, 0.15) is 5.82 Å². The predicted octanol–water partition coefficient (Wildman–Crippen LogP) is 4.11. The van der Waals surface area contributed by atoms with E-state index in [0.29, 0.717) is 12.1 Å². The summed E-state index contributed by atoms with van der Waals surface area (Å²) in [6.07, 6.45) is 1.17. The number of nitrogens with zero attached hydrogens (tertiary/aromatic N) is 1. The third-order valence-electron chi connectivity index (χ3n) is 4.63. The van der Waals surface area contributed by atoms with Crippen LogP contribution in [0, 0.1) is 5.82 Å². The van der Waals surface area contributed by atoms with Crippen LogP contribution in [0.4, 0.5) is 4.39 Å². The van der Waals surface area contributed by atoms with Gasteiger partial charge in [0.2, 0.25) is 0 Å². The van der Waals surface area contributed by atoms with Gasteiger partial charge in [0.25, 0.3) is 0 Å². The molecule has 0 atom stereocenters. The van der Waals surface area contributed by atoms with E-state index < -0.39 is 23.6 Å². The van der Waals surface area contributed by atoms with Crippen molar-refractivity contribution in [2.75, 3.05) is 0 Å². The van der Waals surface area contributed by atoms with Crippen LogP contribution in [-0.4, -0.2) is 15.6 Å². The molecule has 1 heterocycles. The minimum Gasteiger partial charge on any atom is -0.481 e. The average molecular weight is 367 g/mol. The number of pyridine rings is 1. The van der Waals surface area contributed by atoms with Gasteiger partial charge in [0.15, 0.2) is 5.43 Å². The number of hydrogen-bond donors (Lipinski definition) is 1. The maximum Gasteiger partial charge on any atom is 0.308 e. The van der Waals surface area contributed by atoms with Crippen molar-refractivity contribution in [2.24, 2.45) is 0 Å². The molecule has 140 valence electrons. The predicted molar refractivity (Wildman–Crippen MR) is 104 cm³/mol. The summed E-state index contributed by atoms with van der Waals surface area (Å²) in [7, 11) is 0. The van der Waals surface area contributed by atoms with Gasteiger partial charge >= 0.3 is 5.97 Å². The van der Waals surface area contributed by atoms with Crippen molar-refractivity contribution >= 4 is 16.9 Å². The number of benzene rings is 2. The highest BCUT2D eigenvalue weighted by atomic mass is 19.1. The number of carbonyl (C=O) groups is 1. The molecule has 1 aromatic heterocycles. The molecule has 0 amide bonds. The first-order valence-corrected chi connectivity index (χ1v) is 8.78. The summed E-state index contributed by atoms with van der Waals surface area (Å²) < 4.78 is 15.5. The fourth-order valence-electron chi connectivity index (χ4n) is 3.16. The first-order chi connectivity index (χ1) is 12.6. The number of halogens is 1. The van der Waals surface area contributed by atoms with Crippen LogP contribution in [0.5, 0.6) is 0 Å². The second-order valence-corrected chi connectivity index (χ2v) is 7.79. The molecule has 0 aliphatic carbocycles. The Bertz CT molecular complexity index is 1060. The summed E-state index contributed by atoms with van der Waals surface area (Å²) >= 11 is 0. The van der Waals surface area contributed by atoms with Crippen LogP contribution in [0.1, 0.15) is 37.5 Å². The minimum absolute atomic E-state index is 0.0504. The molecule has 0 spiro atoms. The van der Waals surface area contributed by atoms with E-state index in [2.05, 4.69) is 32.9 Å². The first-order valence-electron chi connectivity index (χ1n) is 8.78. The highest BCUT2D eigenvalue weighted by molar-refractivity contribution is 5.81. The molecule has 0 unspecified atom stereocenters. The monoisotopic (exact) mass is 367 g/mol. The Hall–Kier alpha value is -2.95. The molecule has 5 heteroatoms. The van der Waals surface area contributed by atoms with Gasteiger partial charge in [-0.05, 0) is 34.7 Å². The van der Waals surface area contributed by atoms with E-state index >= 15 is 0 Å². The molecule has 27 heavy (non-hydrogen) atoms.